The van der Waals surface area contributed by atoms with E-state index in [9.17, 15) is 8.42 Å². The molecule has 1 unspecified atom stereocenters. The van der Waals surface area contributed by atoms with Crippen LogP contribution in [0.4, 0.5) is 0 Å². The van der Waals surface area contributed by atoms with Crippen molar-refractivity contribution in [3.8, 4) is 5.75 Å². The van der Waals surface area contributed by atoms with Crippen LogP contribution in [0.1, 0.15) is 17.2 Å². The van der Waals surface area contributed by atoms with Crippen molar-refractivity contribution in [2.45, 2.75) is 6.04 Å². The number of ether oxygens (including phenoxy) is 1. The van der Waals surface area contributed by atoms with E-state index in [-0.39, 0.29) is 0 Å². The van der Waals surface area contributed by atoms with Crippen molar-refractivity contribution in [1.29, 1.82) is 0 Å². The highest BCUT2D eigenvalue weighted by atomic mass is 32.2. The van der Waals surface area contributed by atoms with Gasteiger partial charge in [-0.2, -0.15) is 17.4 Å². The van der Waals surface area contributed by atoms with Gasteiger partial charge >= 0.3 is 0 Å². The summed E-state index contributed by atoms with van der Waals surface area (Å²) in [5, 5.41) is 2.17. The Balaban J connectivity index is 2.08. The summed E-state index contributed by atoms with van der Waals surface area (Å²) in [4.78, 5) is 0. The van der Waals surface area contributed by atoms with Gasteiger partial charge in [-0.25, -0.2) is 0 Å². The van der Waals surface area contributed by atoms with E-state index in [1.807, 2.05) is 66.7 Å². The second-order valence-corrected chi connectivity index (χ2v) is 8.13. The molecule has 0 amide bonds. The molecular formula is C20H22N2O3S. The summed E-state index contributed by atoms with van der Waals surface area (Å²) in [6.45, 7) is 0. The predicted molar refractivity (Wildman–Crippen MR) is 105 cm³/mol. The number of fused-ring (bicyclic) bond motifs is 1. The summed E-state index contributed by atoms with van der Waals surface area (Å²) < 4.78 is 34.1. The third kappa shape index (κ3) is 3.88. The topological polar surface area (TPSA) is 58.6 Å². The smallest absolute Gasteiger partial charge is 0.279 e. The van der Waals surface area contributed by atoms with Gasteiger partial charge in [0.1, 0.15) is 5.75 Å². The average molecular weight is 370 g/mol. The highest BCUT2D eigenvalue weighted by Crippen LogP contribution is 2.28. The molecule has 1 N–H and O–H groups in total. The highest BCUT2D eigenvalue weighted by Gasteiger charge is 2.23. The highest BCUT2D eigenvalue weighted by molar-refractivity contribution is 7.87. The normalized spacial score (nSPS) is 13.1. The fraction of sp³-hybridized carbons (Fsp3) is 0.200. The maximum atomic E-state index is 12.5. The molecule has 5 nitrogen and oxygen atoms in total. The molecule has 26 heavy (non-hydrogen) atoms. The van der Waals surface area contributed by atoms with Crippen molar-refractivity contribution in [1.82, 2.24) is 9.03 Å². The fourth-order valence-electron chi connectivity index (χ4n) is 2.77. The van der Waals surface area contributed by atoms with Gasteiger partial charge < -0.3 is 4.74 Å². The fourth-order valence-corrected chi connectivity index (χ4v) is 3.55. The molecule has 0 aromatic heterocycles. The van der Waals surface area contributed by atoms with Gasteiger partial charge in [0.25, 0.3) is 10.2 Å². The van der Waals surface area contributed by atoms with Gasteiger partial charge in [-0.05, 0) is 40.1 Å². The van der Waals surface area contributed by atoms with Gasteiger partial charge in [0.2, 0.25) is 0 Å². The lowest BCUT2D eigenvalue weighted by Crippen LogP contribution is -2.38. The molecule has 136 valence electrons. The molecule has 6 heteroatoms. The van der Waals surface area contributed by atoms with Crippen LogP contribution in [0.3, 0.4) is 0 Å². The van der Waals surface area contributed by atoms with E-state index < -0.39 is 16.3 Å². The molecular weight excluding hydrogens is 348 g/mol. The maximum Gasteiger partial charge on any atom is 0.279 e. The zero-order valence-corrected chi connectivity index (χ0v) is 15.8. The van der Waals surface area contributed by atoms with E-state index in [1.165, 1.54) is 18.4 Å². The maximum absolute atomic E-state index is 12.5. The minimum atomic E-state index is -3.61. The summed E-state index contributed by atoms with van der Waals surface area (Å²) >= 11 is 0. The molecule has 3 aromatic rings. The molecule has 0 fully saturated rings. The first-order chi connectivity index (χ1) is 12.4. The molecule has 3 rings (SSSR count). The molecule has 0 heterocycles. The van der Waals surface area contributed by atoms with E-state index in [4.69, 9.17) is 4.74 Å². The quantitative estimate of drug-likeness (QED) is 0.724. The average Bonchev–Trinajstić information content (AvgIpc) is 2.66. The molecule has 0 radical (unpaired) electrons. The van der Waals surface area contributed by atoms with Crippen molar-refractivity contribution in [3.63, 3.8) is 0 Å². The van der Waals surface area contributed by atoms with Crippen molar-refractivity contribution < 1.29 is 13.2 Å². The first kappa shape index (κ1) is 18.4. The second kappa shape index (κ2) is 7.45. The van der Waals surface area contributed by atoms with Crippen LogP contribution in [0, 0.1) is 0 Å². The minimum Gasteiger partial charge on any atom is -0.497 e. The number of methoxy groups -OCH3 is 1. The first-order valence-corrected chi connectivity index (χ1v) is 9.67. The number of hydrogen-bond acceptors (Lipinski definition) is 3. The second-order valence-electron chi connectivity index (χ2n) is 6.22. The van der Waals surface area contributed by atoms with E-state index in [0.29, 0.717) is 0 Å². The monoisotopic (exact) mass is 370 g/mol. The molecule has 3 aromatic carbocycles. The third-order valence-corrected chi connectivity index (χ3v) is 5.80. The standard InChI is InChI=1S/C20H22N2O3S/c1-22(2)26(23,24)21-20(16-10-12-19(25-3)13-11-16)18-9-8-15-6-4-5-7-17(15)14-18/h4-14,20-21H,1-3H3. The Morgan fingerprint density at radius 2 is 1.50 bits per heavy atom. The summed E-state index contributed by atoms with van der Waals surface area (Å²) in [6, 6.07) is 20.9. The molecule has 1 atom stereocenters. The number of benzene rings is 3. The van der Waals surface area contributed by atoms with Crippen LogP contribution >= 0.6 is 0 Å². The summed E-state index contributed by atoms with van der Waals surface area (Å²) in [5.41, 5.74) is 1.71. The number of nitrogens with zero attached hydrogens (tertiary/aromatic N) is 1. The van der Waals surface area contributed by atoms with Gasteiger partial charge in [0.15, 0.2) is 0 Å². The van der Waals surface area contributed by atoms with Gasteiger partial charge in [0, 0.05) is 14.1 Å². The molecule has 0 aliphatic rings. The number of rotatable bonds is 6. The van der Waals surface area contributed by atoms with Crippen LogP contribution in [-0.4, -0.2) is 33.9 Å². The van der Waals surface area contributed by atoms with Crippen LogP contribution in [0.5, 0.6) is 5.75 Å². The largest absolute Gasteiger partial charge is 0.497 e. The minimum absolute atomic E-state index is 0.502. The first-order valence-electron chi connectivity index (χ1n) is 8.23. The third-order valence-electron chi connectivity index (χ3n) is 4.30. The Labute approximate surface area is 154 Å². The molecule has 0 aliphatic carbocycles. The summed E-state index contributed by atoms with van der Waals surface area (Å²) in [7, 11) is 1.01. The Morgan fingerprint density at radius 1 is 0.885 bits per heavy atom. The molecule has 0 saturated heterocycles. The van der Waals surface area contributed by atoms with Gasteiger partial charge in [-0.3, -0.25) is 0 Å². The Kier molecular flexibility index (Phi) is 5.27. The van der Waals surface area contributed by atoms with Crippen LogP contribution in [-0.2, 0) is 10.2 Å². The summed E-state index contributed by atoms with van der Waals surface area (Å²) in [5.74, 6) is 0.724. The SMILES string of the molecule is COc1ccc(C(NS(=O)(=O)N(C)C)c2ccc3ccccc3c2)cc1. The number of hydrogen-bond donors (Lipinski definition) is 1. The Hall–Kier alpha value is -2.41. The van der Waals surface area contributed by atoms with Crippen molar-refractivity contribution in [2.75, 3.05) is 21.2 Å². The van der Waals surface area contributed by atoms with E-state index in [1.54, 1.807) is 7.11 Å². The van der Waals surface area contributed by atoms with E-state index in [2.05, 4.69) is 4.72 Å². The Bertz CT molecular complexity index is 999. The molecule has 0 spiro atoms. The van der Waals surface area contributed by atoms with Gasteiger partial charge in [0.05, 0.1) is 13.2 Å². The molecule has 0 bridgehead atoms. The van der Waals surface area contributed by atoms with Crippen LogP contribution in [0.2, 0.25) is 0 Å². The van der Waals surface area contributed by atoms with Crippen LogP contribution < -0.4 is 9.46 Å². The van der Waals surface area contributed by atoms with Crippen molar-refractivity contribution >= 4 is 21.0 Å². The zero-order valence-electron chi connectivity index (χ0n) is 15.0. The lowest BCUT2D eigenvalue weighted by molar-refractivity contribution is 0.414. The molecule has 0 aliphatic heterocycles. The molecule has 0 saturated carbocycles. The van der Waals surface area contributed by atoms with Gasteiger partial charge in [-0.15, -0.1) is 0 Å². The van der Waals surface area contributed by atoms with E-state index >= 15 is 0 Å². The van der Waals surface area contributed by atoms with Crippen molar-refractivity contribution in [2.24, 2.45) is 0 Å². The summed E-state index contributed by atoms with van der Waals surface area (Å²) in [6.07, 6.45) is 0. The van der Waals surface area contributed by atoms with E-state index in [0.717, 1.165) is 27.6 Å². The zero-order chi connectivity index (χ0) is 18.7. The van der Waals surface area contributed by atoms with Crippen molar-refractivity contribution in [3.05, 3.63) is 77.9 Å². The lowest BCUT2D eigenvalue weighted by atomic mass is 9.97. The van der Waals surface area contributed by atoms with Crippen LogP contribution in [0.15, 0.2) is 66.7 Å². The Morgan fingerprint density at radius 3 is 2.12 bits per heavy atom. The van der Waals surface area contributed by atoms with Gasteiger partial charge in [-0.1, -0.05) is 48.5 Å². The lowest BCUT2D eigenvalue weighted by Gasteiger charge is -2.22. The predicted octanol–water partition coefficient (Wildman–Crippen LogP) is 3.33. The van der Waals surface area contributed by atoms with Crippen LogP contribution in [0.25, 0.3) is 10.8 Å². The number of nitrogens with one attached hydrogen (secondary N) is 1.